The van der Waals surface area contributed by atoms with Gasteiger partial charge < -0.3 is 9.47 Å². The van der Waals surface area contributed by atoms with Crippen LogP contribution in [0, 0.1) is 6.92 Å². The molecule has 3 aromatic rings. The molecule has 0 aliphatic carbocycles. The molecular formula is C18H18N4O3. The van der Waals surface area contributed by atoms with Crippen molar-refractivity contribution in [3.8, 4) is 23.0 Å². The Morgan fingerprint density at radius 2 is 2.12 bits per heavy atom. The quantitative estimate of drug-likeness (QED) is 0.643. The number of carbonyl (C=O) groups excluding carboxylic acids is 1. The topological polar surface area (TPSA) is 79.1 Å². The molecule has 7 nitrogen and oxygen atoms in total. The number of aryl methyl sites for hydroxylation is 2. The molecule has 3 rings (SSSR count). The Balaban J connectivity index is 1.89. The van der Waals surface area contributed by atoms with E-state index < -0.39 is 0 Å². The molecular weight excluding hydrogens is 320 g/mol. The molecule has 7 heteroatoms. The first kappa shape index (κ1) is 16.6. The number of nitrogens with zero attached hydrogens (tertiary/aromatic N) is 4. The van der Waals surface area contributed by atoms with Crippen molar-refractivity contribution in [3.05, 3.63) is 53.5 Å². The van der Waals surface area contributed by atoms with Crippen LogP contribution in [0.15, 0.2) is 36.8 Å². The standard InChI is InChI=1S/C18H18N4O3/c1-12-8-21-22(2)18(12)17-13(5-4-6-19-17)11-25-15-9-20-16(24-3)7-14(15)10-23/h4-10H,11H2,1-3H3. The van der Waals surface area contributed by atoms with E-state index in [-0.39, 0.29) is 6.61 Å². The Labute approximate surface area is 145 Å². The molecule has 0 atom stereocenters. The number of hydrogen-bond donors (Lipinski definition) is 0. The highest BCUT2D eigenvalue weighted by Crippen LogP contribution is 2.26. The first-order valence-electron chi connectivity index (χ1n) is 7.69. The van der Waals surface area contributed by atoms with Gasteiger partial charge in [-0.2, -0.15) is 5.10 Å². The summed E-state index contributed by atoms with van der Waals surface area (Å²) in [6.45, 7) is 2.24. The van der Waals surface area contributed by atoms with Crippen molar-refractivity contribution < 1.29 is 14.3 Å². The second-order valence-electron chi connectivity index (χ2n) is 5.48. The zero-order valence-corrected chi connectivity index (χ0v) is 14.3. The lowest BCUT2D eigenvalue weighted by atomic mass is 10.1. The minimum Gasteiger partial charge on any atom is -0.486 e. The molecule has 0 N–H and O–H groups in total. The van der Waals surface area contributed by atoms with Gasteiger partial charge in [0.1, 0.15) is 12.4 Å². The predicted octanol–water partition coefficient (Wildman–Crippen LogP) is 2.59. The Kier molecular flexibility index (Phi) is 4.74. The molecule has 0 fully saturated rings. The van der Waals surface area contributed by atoms with Gasteiger partial charge in [-0.1, -0.05) is 6.07 Å². The third-order valence-electron chi connectivity index (χ3n) is 3.83. The molecule has 0 amide bonds. The van der Waals surface area contributed by atoms with E-state index in [1.807, 2.05) is 26.1 Å². The predicted molar refractivity (Wildman–Crippen MR) is 91.7 cm³/mol. The molecule has 0 spiro atoms. The zero-order valence-electron chi connectivity index (χ0n) is 14.3. The van der Waals surface area contributed by atoms with Gasteiger partial charge in [-0.05, 0) is 18.6 Å². The summed E-state index contributed by atoms with van der Waals surface area (Å²) in [4.78, 5) is 19.8. The lowest BCUT2D eigenvalue weighted by molar-refractivity contribution is 0.111. The van der Waals surface area contributed by atoms with Gasteiger partial charge >= 0.3 is 0 Å². The maximum absolute atomic E-state index is 11.3. The van der Waals surface area contributed by atoms with E-state index in [0.29, 0.717) is 17.2 Å². The minimum atomic E-state index is 0.253. The lowest BCUT2D eigenvalue weighted by Gasteiger charge is -2.12. The molecule has 3 aromatic heterocycles. The van der Waals surface area contributed by atoms with E-state index in [0.717, 1.165) is 28.8 Å². The molecule has 0 bridgehead atoms. The molecule has 0 saturated heterocycles. The average molecular weight is 338 g/mol. The van der Waals surface area contributed by atoms with Crippen LogP contribution in [0.5, 0.6) is 11.6 Å². The number of pyridine rings is 2. The Morgan fingerprint density at radius 3 is 2.80 bits per heavy atom. The first-order valence-corrected chi connectivity index (χ1v) is 7.69. The highest BCUT2D eigenvalue weighted by Gasteiger charge is 2.14. The summed E-state index contributed by atoms with van der Waals surface area (Å²) in [5.41, 5.74) is 4.04. The number of aromatic nitrogens is 4. The molecule has 25 heavy (non-hydrogen) atoms. The summed E-state index contributed by atoms with van der Waals surface area (Å²) in [6.07, 6.45) is 5.73. The van der Waals surface area contributed by atoms with Crippen molar-refractivity contribution in [2.45, 2.75) is 13.5 Å². The molecule has 3 heterocycles. The zero-order chi connectivity index (χ0) is 17.8. The number of methoxy groups -OCH3 is 1. The van der Waals surface area contributed by atoms with E-state index >= 15 is 0 Å². The maximum Gasteiger partial charge on any atom is 0.213 e. The normalized spacial score (nSPS) is 10.5. The molecule has 0 radical (unpaired) electrons. The number of rotatable bonds is 6. The summed E-state index contributed by atoms with van der Waals surface area (Å²) < 4.78 is 12.6. The van der Waals surface area contributed by atoms with E-state index in [1.165, 1.54) is 19.4 Å². The smallest absolute Gasteiger partial charge is 0.213 e. The second kappa shape index (κ2) is 7.12. The third-order valence-corrected chi connectivity index (χ3v) is 3.83. The first-order chi connectivity index (χ1) is 12.1. The van der Waals surface area contributed by atoms with Crippen LogP contribution in [0.2, 0.25) is 0 Å². The van der Waals surface area contributed by atoms with E-state index in [2.05, 4.69) is 15.1 Å². The van der Waals surface area contributed by atoms with Crippen LogP contribution in [0.3, 0.4) is 0 Å². The van der Waals surface area contributed by atoms with Crippen LogP contribution < -0.4 is 9.47 Å². The highest BCUT2D eigenvalue weighted by molar-refractivity contribution is 5.79. The maximum atomic E-state index is 11.3. The van der Waals surface area contributed by atoms with Crippen LogP contribution in [-0.2, 0) is 13.7 Å². The highest BCUT2D eigenvalue weighted by atomic mass is 16.5. The summed E-state index contributed by atoms with van der Waals surface area (Å²) >= 11 is 0. The van der Waals surface area contributed by atoms with Crippen molar-refractivity contribution in [1.29, 1.82) is 0 Å². The monoisotopic (exact) mass is 338 g/mol. The summed E-state index contributed by atoms with van der Waals surface area (Å²) in [7, 11) is 3.37. The molecule has 0 aromatic carbocycles. The van der Waals surface area contributed by atoms with Crippen molar-refractivity contribution in [2.24, 2.45) is 7.05 Å². The van der Waals surface area contributed by atoms with Crippen LogP contribution in [0.25, 0.3) is 11.4 Å². The van der Waals surface area contributed by atoms with Crippen molar-refractivity contribution >= 4 is 6.29 Å². The molecule has 0 unspecified atom stereocenters. The van der Waals surface area contributed by atoms with Gasteiger partial charge in [0.25, 0.3) is 0 Å². The fraction of sp³-hybridized carbons (Fsp3) is 0.222. The fourth-order valence-corrected chi connectivity index (χ4v) is 2.57. The van der Waals surface area contributed by atoms with Crippen LogP contribution in [0.1, 0.15) is 21.5 Å². The number of ether oxygens (including phenoxy) is 2. The number of aldehydes is 1. The van der Waals surface area contributed by atoms with Gasteiger partial charge in [-0.15, -0.1) is 0 Å². The Bertz CT molecular complexity index is 886. The Hall–Kier alpha value is -3.22. The van der Waals surface area contributed by atoms with Crippen LogP contribution in [0.4, 0.5) is 0 Å². The van der Waals surface area contributed by atoms with E-state index in [4.69, 9.17) is 9.47 Å². The largest absolute Gasteiger partial charge is 0.486 e. The molecule has 0 aliphatic heterocycles. The molecule has 0 saturated carbocycles. The molecule has 128 valence electrons. The number of hydrogen-bond acceptors (Lipinski definition) is 6. The van der Waals surface area contributed by atoms with Gasteiger partial charge in [-0.3, -0.25) is 14.5 Å². The summed E-state index contributed by atoms with van der Waals surface area (Å²) in [5.74, 6) is 0.759. The average Bonchev–Trinajstić information content (AvgIpc) is 2.98. The second-order valence-corrected chi connectivity index (χ2v) is 5.48. The van der Waals surface area contributed by atoms with Gasteiger partial charge in [0, 0.05) is 24.9 Å². The molecule has 0 aliphatic rings. The van der Waals surface area contributed by atoms with E-state index in [9.17, 15) is 4.79 Å². The van der Waals surface area contributed by atoms with Gasteiger partial charge in [0.2, 0.25) is 5.88 Å². The minimum absolute atomic E-state index is 0.253. The SMILES string of the molecule is COc1cc(C=O)c(OCc2cccnc2-c2c(C)cnn2C)cn1. The van der Waals surface area contributed by atoms with Crippen LogP contribution >= 0.6 is 0 Å². The van der Waals surface area contributed by atoms with Crippen LogP contribution in [-0.4, -0.2) is 33.1 Å². The number of carbonyl (C=O) groups is 1. The van der Waals surface area contributed by atoms with Gasteiger partial charge in [0.15, 0.2) is 6.29 Å². The van der Waals surface area contributed by atoms with Gasteiger partial charge in [0.05, 0.1) is 36.5 Å². The van der Waals surface area contributed by atoms with Crippen molar-refractivity contribution in [1.82, 2.24) is 19.7 Å². The van der Waals surface area contributed by atoms with Crippen molar-refractivity contribution in [3.63, 3.8) is 0 Å². The fourth-order valence-electron chi connectivity index (χ4n) is 2.57. The van der Waals surface area contributed by atoms with Gasteiger partial charge in [-0.25, -0.2) is 4.98 Å². The van der Waals surface area contributed by atoms with E-state index in [1.54, 1.807) is 17.1 Å². The van der Waals surface area contributed by atoms with Crippen molar-refractivity contribution in [2.75, 3.05) is 7.11 Å². The summed E-state index contributed by atoms with van der Waals surface area (Å²) in [5, 5.41) is 4.26. The third kappa shape index (κ3) is 3.35. The summed E-state index contributed by atoms with van der Waals surface area (Å²) in [6, 6.07) is 5.32. The Morgan fingerprint density at radius 1 is 1.28 bits per heavy atom. The lowest BCUT2D eigenvalue weighted by Crippen LogP contribution is -2.05.